The van der Waals surface area contributed by atoms with Crippen LogP contribution in [-0.2, 0) is 13.6 Å². The molecule has 15 heavy (non-hydrogen) atoms. The summed E-state index contributed by atoms with van der Waals surface area (Å²) in [5, 5.41) is 11.4. The Bertz CT molecular complexity index is 214. The SMILES string of the molecule is CNC(O)COP(=O)(O)OCCN(C)C. The van der Waals surface area contributed by atoms with Crippen LogP contribution in [0.3, 0.4) is 0 Å². The van der Waals surface area contributed by atoms with Crippen LogP contribution in [0.4, 0.5) is 0 Å². The van der Waals surface area contributed by atoms with E-state index >= 15 is 0 Å². The molecule has 0 amide bonds. The van der Waals surface area contributed by atoms with Gasteiger partial charge in [0.25, 0.3) is 0 Å². The van der Waals surface area contributed by atoms with E-state index in [-0.39, 0.29) is 13.2 Å². The molecular weight excluding hydrogens is 223 g/mol. The first-order valence-electron chi connectivity index (χ1n) is 4.49. The normalized spacial score (nSPS) is 17.7. The summed E-state index contributed by atoms with van der Waals surface area (Å²) in [6, 6.07) is 0. The molecule has 92 valence electrons. The smallest absolute Gasteiger partial charge is 0.376 e. The number of nitrogens with one attached hydrogen (secondary N) is 1. The molecule has 0 saturated carbocycles. The van der Waals surface area contributed by atoms with E-state index in [0.717, 1.165) is 0 Å². The molecule has 0 aliphatic carbocycles. The second-order valence-corrected chi connectivity index (χ2v) is 4.66. The molecule has 0 aliphatic rings. The van der Waals surface area contributed by atoms with Crippen molar-refractivity contribution in [1.29, 1.82) is 0 Å². The summed E-state index contributed by atoms with van der Waals surface area (Å²) >= 11 is 0. The van der Waals surface area contributed by atoms with E-state index in [0.29, 0.717) is 6.54 Å². The fraction of sp³-hybridized carbons (Fsp3) is 1.00. The lowest BCUT2D eigenvalue weighted by Crippen LogP contribution is -2.29. The van der Waals surface area contributed by atoms with Crippen molar-refractivity contribution in [3.63, 3.8) is 0 Å². The summed E-state index contributed by atoms with van der Waals surface area (Å²) in [5.74, 6) is 0. The highest BCUT2D eigenvalue weighted by Crippen LogP contribution is 2.42. The topological polar surface area (TPSA) is 91.3 Å². The molecule has 8 heteroatoms. The van der Waals surface area contributed by atoms with Crippen LogP contribution in [0.15, 0.2) is 0 Å². The van der Waals surface area contributed by atoms with Gasteiger partial charge in [-0.25, -0.2) is 4.57 Å². The maximum atomic E-state index is 11.2. The first-order chi connectivity index (χ1) is 6.87. The first-order valence-corrected chi connectivity index (χ1v) is 5.99. The summed E-state index contributed by atoms with van der Waals surface area (Å²) in [6.45, 7) is 0.311. The third-order valence-corrected chi connectivity index (χ3v) is 2.51. The van der Waals surface area contributed by atoms with Gasteiger partial charge in [-0.1, -0.05) is 0 Å². The van der Waals surface area contributed by atoms with Crippen molar-refractivity contribution in [2.75, 3.05) is 40.9 Å². The average molecular weight is 242 g/mol. The van der Waals surface area contributed by atoms with Crippen LogP contribution >= 0.6 is 7.82 Å². The third kappa shape index (κ3) is 8.95. The van der Waals surface area contributed by atoms with E-state index < -0.39 is 14.1 Å². The maximum Gasteiger partial charge on any atom is 0.472 e. The van der Waals surface area contributed by atoms with E-state index in [9.17, 15) is 4.57 Å². The number of rotatable bonds is 8. The predicted octanol–water partition coefficient (Wildman–Crippen LogP) is -0.781. The minimum atomic E-state index is -4.04. The Morgan fingerprint density at radius 1 is 1.47 bits per heavy atom. The number of aliphatic hydroxyl groups excluding tert-OH is 1. The molecule has 2 unspecified atom stereocenters. The van der Waals surface area contributed by atoms with Gasteiger partial charge in [0, 0.05) is 6.54 Å². The second kappa shape index (κ2) is 7.29. The summed E-state index contributed by atoms with van der Waals surface area (Å²) in [4.78, 5) is 10.9. The van der Waals surface area contributed by atoms with Crippen LogP contribution in [0, 0.1) is 0 Å². The highest BCUT2D eigenvalue weighted by atomic mass is 31.2. The summed E-state index contributed by atoms with van der Waals surface area (Å²) in [5.41, 5.74) is 0. The number of likely N-dealkylation sites (N-methyl/N-ethyl adjacent to an activating group) is 2. The Morgan fingerprint density at radius 3 is 2.53 bits per heavy atom. The molecule has 0 radical (unpaired) electrons. The zero-order valence-corrected chi connectivity index (χ0v) is 10.1. The summed E-state index contributed by atoms with van der Waals surface area (Å²) < 4.78 is 20.3. The molecule has 0 aliphatic heterocycles. The fourth-order valence-corrected chi connectivity index (χ4v) is 1.34. The van der Waals surface area contributed by atoms with Crippen LogP contribution in [0.2, 0.25) is 0 Å². The van der Waals surface area contributed by atoms with Gasteiger partial charge in [0.15, 0.2) is 0 Å². The van der Waals surface area contributed by atoms with Crippen LogP contribution in [0.1, 0.15) is 0 Å². The van der Waals surface area contributed by atoms with Crippen molar-refractivity contribution >= 4 is 7.82 Å². The van der Waals surface area contributed by atoms with Crippen LogP contribution in [0.5, 0.6) is 0 Å². The fourth-order valence-electron chi connectivity index (χ4n) is 0.624. The number of hydrogen-bond donors (Lipinski definition) is 3. The van der Waals surface area contributed by atoms with Crippen molar-refractivity contribution in [1.82, 2.24) is 10.2 Å². The Hall–Kier alpha value is -0.0100. The van der Waals surface area contributed by atoms with Crippen LogP contribution in [-0.4, -0.2) is 62.0 Å². The van der Waals surface area contributed by atoms with Crippen molar-refractivity contribution in [2.45, 2.75) is 6.23 Å². The second-order valence-electron chi connectivity index (χ2n) is 3.21. The molecular formula is C7H19N2O5P. The van der Waals surface area contributed by atoms with Gasteiger partial charge in [-0.2, -0.15) is 0 Å². The predicted molar refractivity (Wildman–Crippen MR) is 55.3 cm³/mol. The molecule has 2 atom stereocenters. The molecule has 0 heterocycles. The Morgan fingerprint density at radius 2 is 2.07 bits per heavy atom. The number of phosphoric acid groups is 1. The number of aliphatic hydroxyl groups is 1. The lowest BCUT2D eigenvalue weighted by molar-refractivity contribution is 0.0571. The molecule has 0 fully saturated rings. The Kier molecular flexibility index (Phi) is 7.29. The van der Waals surface area contributed by atoms with Gasteiger partial charge in [0.2, 0.25) is 0 Å². The maximum absolute atomic E-state index is 11.2. The Labute approximate surface area is 89.6 Å². The molecule has 0 aromatic heterocycles. The third-order valence-electron chi connectivity index (χ3n) is 1.52. The van der Waals surface area contributed by atoms with E-state index in [1.54, 1.807) is 0 Å². The van der Waals surface area contributed by atoms with Gasteiger partial charge in [0.1, 0.15) is 6.23 Å². The minimum absolute atomic E-state index is 0.0937. The van der Waals surface area contributed by atoms with Crippen molar-refractivity contribution in [2.24, 2.45) is 0 Å². The highest BCUT2D eigenvalue weighted by molar-refractivity contribution is 7.47. The molecule has 7 nitrogen and oxygen atoms in total. The van der Waals surface area contributed by atoms with Gasteiger partial charge < -0.3 is 14.9 Å². The molecule has 0 spiro atoms. The number of nitrogens with zero attached hydrogens (tertiary/aromatic N) is 1. The van der Waals surface area contributed by atoms with Gasteiger partial charge in [-0.3, -0.25) is 14.4 Å². The average Bonchev–Trinajstić information content (AvgIpc) is 2.13. The van der Waals surface area contributed by atoms with Crippen molar-refractivity contribution < 1.29 is 23.6 Å². The first kappa shape index (κ1) is 15.0. The van der Waals surface area contributed by atoms with Gasteiger partial charge in [-0.05, 0) is 21.1 Å². The van der Waals surface area contributed by atoms with Crippen molar-refractivity contribution in [3.8, 4) is 0 Å². The lowest BCUT2D eigenvalue weighted by atomic mass is 10.6. The number of phosphoric ester groups is 1. The van der Waals surface area contributed by atoms with Gasteiger partial charge in [0.05, 0.1) is 13.2 Å². The van der Waals surface area contributed by atoms with Crippen LogP contribution < -0.4 is 5.32 Å². The molecule has 0 aromatic rings. The Balaban J connectivity index is 3.72. The quantitative estimate of drug-likeness (QED) is 0.380. The standard InChI is InChI=1S/C7H19N2O5P/c1-8-7(10)6-14-15(11,12)13-5-4-9(2)3/h7-8,10H,4-6H2,1-3H3,(H,11,12). The lowest BCUT2D eigenvalue weighted by Gasteiger charge is -2.16. The highest BCUT2D eigenvalue weighted by Gasteiger charge is 2.21. The van der Waals surface area contributed by atoms with Gasteiger partial charge >= 0.3 is 7.82 Å². The van der Waals surface area contributed by atoms with E-state index in [1.165, 1.54) is 7.05 Å². The zero-order chi connectivity index (χ0) is 11.9. The van der Waals surface area contributed by atoms with E-state index in [4.69, 9.17) is 10.00 Å². The molecule has 0 bridgehead atoms. The van der Waals surface area contributed by atoms with E-state index in [2.05, 4.69) is 14.4 Å². The van der Waals surface area contributed by atoms with Crippen LogP contribution in [0.25, 0.3) is 0 Å². The number of hydrogen-bond acceptors (Lipinski definition) is 6. The molecule has 0 rings (SSSR count). The summed E-state index contributed by atoms with van der Waals surface area (Å²) in [6.07, 6.45) is -0.983. The minimum Gasteiger partial charge on any atom is -0.376 e. The summed E-state index contributed by atoms with van der Waals surface area (Å²) in [7, 11) is 1.09. The zero-order valence-electron chi connectivity index (χ0n) is 9.21. The monoisotopic (exact) mass is 242 g/mol. The van der Waals surface area contributed by atoms with Crippen molar-refractivity contribution in [3.05, 3.63) is 0 Å². The molecule has 0 aromatic carbocycles. The van der Waals surface area contributed by atoms with E-state index in [1.807, 2.05) is 19.0 Å². The molecule has 0 saturated heterocycles. The largest absolute Gasteiger partial charge is 0.472 e. The van der Waals surface area contributed by atoms with Gasteiger partial charge in [-0.15, -0.1) is 0 Å². The molecule has 3 N–H and O–H groups in total.